The van der Waals surface area contributed by atoms with Crippen molar-refractivity contribution in [3.63, 3.8) is 0 Å². The molecule has 7 N–H and O–H groups in total. The van der Waals surface area contributed by atoms with Crippen molar-refractivity contribution in [3.8, 4) is 0 Å². The maximum atomic E-state index is 12.3. The van der Waals surface area contributed by atoms with E-state index in [-0.39, 0.29) is 17.0 Å². The summed E-state index contributed by atoms with van der Waals surface area (Å²) < 4.78 is 47.7. The second kappa shape index (κ2) is 10.1. The monoisotopic (exact) mass is 613 g/mol. The molecule has 1 saturated heterocycles. The van der Waals surface area contributed by atoms with Crippen LogP contribution in [0.2, 0.25) is 0 Å². The van der Waals surface area contributed by atoms with Gasteiger partial charge in [-0.1, -0.05) is 35.0 Å². The van der Waals surface area contributed by atoms with E-state index >= 15 is 0 Å². The summed E-state index contributed by atoms with van der Waals surface area (Å²) in [5.74, 6) is 0.0608. The minimum Gasteiger partial charge on any atom is -0.387 e. The molecule has 2 radical (unpaired) electrons. The second-order valence-corrected chi connectivity index (χ2v) is 15.9. The lowest BCUT2D eigenvalue weighted by Crippen LogP contribution is -2.33. The zero-order valence-corrected chi connectivity index (χ0v) is 22.2. The number of fused-ring (bicyclic) bond motifs is 1. The molecular weight excluding hydrogens is 597 g/mol. The molecule has 0 aliphatic carbocycles. The lowest BCUT2D eigenvalue weighted by atomic mass is 10.1. The number of thioether (sulfide) groups is 1. The lowest BCUT2D eigenvalue weighted by Gasteiger charge is -2.28. The second-order valence-electron chi connectivity index (χ2n) is 6.96. The first-order valence-electron chi connectivity index (χ1n) is 8.98. The van der Waals surface area contributed by atoms with Crippen LogP contribution in [-0.4, -0.2) is 87.0 Å². The fourth-order valence-corrected chi connectivity index (χ4v) is 7.60. The number of ether oxygens (including phenoxy) is 1. The Morgan fingerprint density at radius 1 is 1.26 bits per heavy atom. The summed E-state index contributed by atoms with van der Waals surface area (Å²) in [4.78, 5) is 40.2. The highest BCUT2D eigenvalue weighted by atomic mass is 35.5. The van der Waals surface area contributed by atoms with Gasteiger partial charge in [0.25, 0.3) is 7.47 Å². The van der Waals surface area contributed by atoms with Crippen LogP contribution < -0.4 is 5.73 Å². The Morgan fingerprint density at radius 3 is 2.46 bits per heavy atom. The molecule has 0 aromatic carbocycles. The van der Waals surface area contributed by atoms with E-state index in [0.29, 0.717) is 5.16 Å². The van der Waals surface area contributed by atoms with Crippen molar-refractivity contribution in [2.24, 2.45) is 0 Å². The standard InChI is InChI=1S/C12H17BCl2N5O11P3S/c1-35-11-18-8(16)5-9(19-11)20(3-17-5)10-7(22)6(21)4(30-10)2-29-34(13,28)31-33(26,27)12(14,15)32(23,24)25/h3-4,6-7,10,21-22H,2H2,1H3,(H,26,27)(H2,16,18,19)(H2,23,24,25)/t4-,6-,7-,10-,34+/m1/s1. The van der Waals surface area contributed by atoms with Crippen molar-refractivity contribution in [1.29, 1.82) is 0 Å². The molecule has 1 aliphatic rings. The predicted molar refractivity (Wildman–Crippen MR) is 124 cm³/mol. The largest absolute Gasteiger partial charge is 0.387 e. The molecule has 0 bridgehead atoms. The van der Waals surface area contributed by atoms with Gasteiger partial charge < -0.3 is 39.9 Å². The first kappa shape index (κ1) is 29.3. The molecule has 1 unspecified atom stereocenters. The normalized spacial score (nSPS) is 27.1. The first-order chi connectivity index (χ1) is 15.9. The minimum absolute atomic E-state index is 0.0608. The van der Waals surface area contributed by atoms with Gasteiger partial charge in [-0.15, -0.1) is 0 Å². The topological polar surface area (TPSA) is 250 Å². The molecule has 3 rings (SSSR count). The van der Waals surface area contributed by atoms with Gasteiger partial charge in [0.15, 0.2) is 22.8 Å². The van der Waals surface area contributed by atoms with Crippen LogP contribution in [0.3, 0.4) is 0 Å². The number of rotatable bonds is 9. The number of imidazole rings is 1. The Labute approximate surface area is 212 Å². The summed E-state index contributed by atoms with van der Waals surface area (Å²) in [6.45, 7) is -0.879. The molecule has 23 heteroatoms. The van der Waals surface area contributed by atoms with Crippen LogP contribution in [0.1, 0.15) is 6.23 Å². The van der Waals surface area contributed by atoms with Crippen molar-refractivity contribution >= 4 is 82.2 Å². The number of hydrogen-bond acceptors (Lipinski definition) is 13. The number of halogens is 2. The molecule has 0 saturated carbocycles. The predicted octanol–water partition coefficient (Wildman–Crippen LogP) is 0.511. The van der Waals surface area contributed by atoms with Crippen LogP contribution in [0, 0.1) is 0 Å². The Bertz CT molecular complexity index is 1270. The Morgan fingerprint density at radius 2 is 1.89 bits per heavy atom. The number of aromatic nitrogens is 4. The molecular formula is C12H17BCl2N5O11P3S. The van der Waals surface area contributed by atoms with Gasteiger partial charge in [0, 0.05) is 0 Å². The van der Waals surface area contributed by atoms with E-state index in [0.717, 1.165) is 0 Å². The van der Waals surface area contributed by atoms with Crippen LogP contribution in [-0.2, 0) is 27.3 Å². The van der Waals surface area contributed by atoms with Gasteiger partial charge in [-0.3, -0.25) is 18.3 Å². The van der Waals surface area contributed by atoms with Gasteiger partial charge in [0.2, 0.25) is 7.57 Å². The molecule has 2 aromatic rings. The highest BCUT2D eigenvalue weighted by Crippen LogP contribution is 2.79. The van der Waals surface area contributed by atoms with E-state index in [1.54, 1.807) is 6.26 Å². The van der Waals surface area contributed by atoms with Crippen LogP contribution in [0.5, 0.6) is 0 Å². The van der Waals surface area contributed by atoms with Crippen molar-refractivity contribution in [1.82, 2.24) is 19.5 Å². The lowest BCUT2D eigenvalue weighted by molar-refractivity contribution is -0.0478. The molecule has 35 heavy (non-hydrogen) atoms. The first-order valence-corrected chi connectivity index (χ1v) is 15.8. The molecule has 1 aliphatic heterocycles. The van der Waals surface area contributed by atoms with E-state index in [4.69, 9.17) is 55.5 Å². The van der Waals surface area contributed by atoms with Crippen molar-refractivity contribution < 1.29 is 52.2 Å². The van der Waals surface area contributed by atoms with Crippen LogP contribution in [0.4, 0.5) is 5.82 Å². The number of nitrogens with two attached hydrogens (primary N) is 1. The summed E-state index contributed by atoms with van der Waals surface area (Å²) in [5, 5.41) is 21.1. The third-order valence-electron chi connectivity index (χ3n) is 4.56. The highest BCUT2D eigenvalue weighted by molar-refractivity contribution is 7.98. The molecule has 6 atom stereocenters. The van der Waals surface area contributed by atoms with E-state index in [1.165, 1.54) is 22.7 Å². The van der Waals surface area contributed by atoms with E-state index < -0.39 is 57.6 Å². The number of aliphatic hydroxyl groups is 2. The number of nitrogen functional groups attached to an aromatic ring is 1. The van der Waals surface area contributed by atoms with Gasteiger partial charge >= 0.3 is 19.0 Å². The average molecular weight is 614 g/mol. The van der Waals surface area contributed by atoms with Gasteiger partial charge in [0.1, 0.15) is 23.8 Å². The van der Waals surface area contributed by atoms with Gasteiger partial charge in [-0.05, 0) is 6.26 Å². The Kier molecular flexibility index (Phi) is 8.46. The maximum Gasteiger partial charge on any atom is 0.383 e. The molecule has 3 heterocycles. The summed E-state index contributed by atoms with van der Waals surface area (Å²) in [6, 6.07) is 0. The smallest absolute Gasteiger partial charge is 0.383 e. The Balaban J connectivity index is 1.76. The molecule has 2 aromatic heterocycles. The van der Waals surface area contributed by atoms with Gasteiger partial charge in [0.05, 0.1) is 12.9 Å². The quantitative estimate of drug-likeness (QED) is 0.0740. The van der Waals surface area contributed by atoms with Crippen LogP contribution >= 0.6 is 57.6 Å². The van der Waals surface area contributed by atoms with E-state index in [2.05, 4.69) is 19.3 Å². The molecule has 16 nitrogen and oxygen atoms in total. The van der Waals surface area contributed by atoms with Crippen LogP contribution in [0.15, 0.2) is 11.5 Å². The molecule has 194 valence electrons. The van der Waals surface area contributed by atoms with Gasteiger partial charge in [-0.25, -0.2) is 19.3 Å². The number of anilines is 1. The summed E-state index contributed by atoms with van der Waals surface area (Å²) >= 11 is 11.7. The van der Waals surface area contributed by atoms with E-state index in [9.17, 15) is 28.8 Å². The SMILES string of the molecule is [B][P@](=O)(OC[C@H]1O[C@@H](n2cnc3c(N)nc(SC)nc32)[C@H](O)[C@@H]1O)OP(=O)(O)C(Cl)(Cl)P(=O)(O)O. The van der Waals surface area contributed by atoms with Gasteiger partial charge in [-0.2, -0.15) is 0 Å². The number of alkyl halides is 2. The third kappa shape index (κ3) is 5.76. The third-order valence-corrected chi connectivity index (χ3v) is 12.9. The van der Waals surface area contributed by atoms with Crippen molar-refractivity contribution in [2.75, 3.05) is 18.6 Å². The molecule has 0 spiro atoms. The summed E-state index contributed by atoms with van der Waals surface area (Å²) in [5.41, 5.74) is 6.22. The zero-order chi connectivity index (χ0) is 26.6. The summed E-state index contributed by atoms with van der Waals surface area (Å²) in [6.07, 6.45) is -3.04. The minimum atomic E-state index is -5.76. The fourth-order valence-electron chi connectivity index (χ4n) is 2.86. The fraction of sp³-hybridized carbons (Fsp3) is 0.583. The molecule has 0 amide bonds. The van der Waals surface area contributed by atoms with Crippen molar-refractivity contribution in [3.05, 3.63) is 6.33 Å². The zero-order valence-electron chi connectivity index (χ0n) is 17.2. The number of hydrogen-bond donors (Lipinski definition) is 6. The Hall–Kier alpha value is -0.285. The van der Waals surface area contributed by atoms with Crippen LogP contribution in [0.25, 0.3) is 11.2 Å². The van der Waals surface area contributed by atoms with Crippen molar-refractivity contribution in [2.45, 2.75) is 33.5 Å². The number of aliphatic hydroxyl groups excluding tert-OH is 2. The average Bonchev–Trinajstić information content (AvgIpc) is 3.26. The van der Waals surface area contributed by atoms with E-state index in [1.807, 2.05) is 0 Å². The number of nitrogens with zero attached hydrogens (tertiary/aromatic N) is 4. The highest BCUT2D eigenvalue weighted by Gasteiger charge is 2.62. The summed E-state index contributed by atoms with van der Waals surface area (Å²) in [7, 11) is -11.3. The molecule has 1 fully saturated rings. The maximum absolute atomic E-state index is 12.3.